The predicted octanol–water partition coefficient (Wildman–Crippen LogP) is 5.38. The first kappa shape index (κ1) is 16.6. The second-order valence-corrected chi connectivity index (χ2v) is 7.01. The van der Waals surface area contributed by atoms with Crippen LogP contribution in [0.25, 0.3) is 0 Å². The Labute approximate surface area is 140 Å². The lowest BCUT2D eigenvalue weighted by Crippen LogP contribution is -2.29. The maximum absolute atomic E-state index is 12.3. The Morgan fingerprint density at radius 3 is 2.32 bits per heavy atom. The summed E-state index contributed by atoms with van der Waals surface area (Å²) in [6, 6.07) is 15.0. The standard InChI is InChI=1S/C18H20BrNO2/c1-18(2,3)15-12-14(10-11-16(15)19)22-17(21)20(4)13-8-6-5-7-9-13/h5-12H,1-4H3. The van der Waals surface area contributed by atoms with Crippen LogP contribution in [0.1, 0.15) is 26.3 Å². The fourth-order valence-electron chi connectivity index (χ4n) is 2.07. The molecule has 0 heterocycles. The quantitative estimate of drug-likeness (QED) is 0.718. The Balaban J connectivity index is 2.19. The summed E-state index contributed by atoms with van der Waals surface area (Å²) in [7, 11) is 1.70. The molecule has 0 atom stereocenters. The molecular formula is C18H20BrNO2. The van der Waals surface area contributed by atoms with E-state index in [0.29, 0.717) is 5.75 Å². The molecule has 0 saturated heterocycles. The maximum atomic E-state index is 12.3. The topological polar surface area (TPSA) is 29.5 Å². The molecule has 2 rings (SSSR count). The highest BCUT2D eigenvalue weighted by atomic mass is 79.9. The molecule has 0 aliphatic rings. The van der Waals surface area contributed by atoms with E-state index in [-0.39, 0.29) is 5.41 Å². The zero-order chi connectivity index (χ0) is 16.3. The lowest BCUT2D eigenvalue weighted by molar-refractivity contribution is 0.209. The van der Waals surface area contributed by atoms with Crippen molar-refractivity contribution in [3.05, 3.63) is 58.6 Å². The molecule has 2 aromatic rings. The van der Waals surface area contributed by atoms with Crippen LogP contribution in [0, 0.1) is 0 Å². The van der Waals surface area contributed by atoms with E-state index in [1.807, 2.05) is 42.5 Å². The van der Waals surface area contributed by atoms with Crippen molar-refractivity contribution in [1.29, 1.82) is 0 Å². The van der Waals surface area contributed by atoms with Gasteiger partial charge in [-0.15, -0.1) is 0 Å². The van der Waals surface area contributed by atoms with Gasteiger partial charge in [0.2, 0.25) is 0 Å². The summed E-state index contributed by atoms with van der Waals surface area (Å²) in [5, 5.41) is 0. The number of rotatable bonds is 2. The van der Waals surface area contributed by atoms with Gasteiger partial charge in [0.1, 0.15) is 5.75 Å². The monoisotopic (exact) mass is 361 g/mol. The van der Waals surface area contributed by atoms with Crippen LogP contribution in [0.4, 0.5) is 10.5 Å². The van der Waals surface area contributed by atoms with E-state index in [0.717, 1.165) is 15.7 Å². The van der Waals surface area contributed by atoms with Crippen LogP contribution in [0.3, 0.4) is 0 Å². The Morgan fingerprint density at radius 1 is 1.09 bits per heavy atom. The number of para-hydroxylation sites is 1. The van der Waals surface area contributed by atoms with Gasteiger partial charge >= 0.3 is 6.09 Å². The van der Waals surface area contributed by atoms with Crippen LogP contribution in [-0.4, -0.2) is 13.1 Å². The lowest BCUT2D eigenvalue weighted by Gasteiger charge is -2.22. The average Bonchev–Trinajstić information content (AvgIpc) is 2.48. The summed E-state index contributed by atoms with van der Waals surface area (Å²) in [6.45, 7) is 6.36. The minimum atomic E-state index is -0.409. The fraction of sp³-hybridized carbons (Fsp3) is 0.278. The van der Waals surface area contributed by atoms with E-state index >= 15 is 0 Å². The number of hydrogen-bond donors (Lipinski definition) is 0. The van der Waals surface area contributed by atoms with Crippen molar-refractivity contribution in [3.63, 3.8) is 0 Å². The van der Waals surface area contributed by atoms with E-state index in [1.54, 1.807) is 13.1 Å². The Bertz CT molecular complexity index is 663. The largest absolute Gasteiger partial charge is 0.419 e. The molecule has 0 aromatic heterocycles. The molecule has 0 aliphatic heterocycles. The van der Waals surface area contributed by atoms with Crippen molar-refractivity contribution >= 4 is 27.7 Å². The molecule has 0 bridgehead atoms. The third-order valence-electron chi connectivity index (χ3n) is 3.37. The zero-order valence-electron chi connectivity index (χ0n) is 13.3. The fourth-order valence-corrected chi connectivity index (χ4v) is 2.91. The number of carbonyl (C=O) groups excluding carboxylic acids is 1. The molecule has 22 heavy (non-hydrogen) atoms. The summed E-state index contributed by atoms with van der Waals surface area (Å²) < 4.78 is 6.50. The lowest BCUT2D eigenvalue weighted by atomic mass is 9.87. The van der Waals surface area contributed by atoms with Crippen molar-refractivity contribution < 1.29 is 9.53 Å². The van der Waals surface area contributed by atoms with Gasteiger partial charge in [0.15, 0.2) is 0 Å². The van der Waals surface area contributed by atoms with Gasteiger partial charge in [0, 0.05) is 17.2 Å². The van der Waals surface area contributed by atoms with Crippen LogP contribution in [-0.2, 0) is 5.41 Å². The maximum Gasteiger partial charge on any atom is 0.419 e. The number of nitrogens with zero attached hydrogens (tertiary/aromatic N) is 1. The number of hydrogen-bond acceptors (Lipinski definition) is 2. The number of anilines is 1. The Hall–Kier alpha value is -1.81. The van der Waals surface area contributed by atoms with E-state index in [9.17, 15) is 4.79 Å². The molecule has 3 nitrogen and oxygen atoms in total. The first-order valence-electron chi connectivity index (χ1n) is 7.09. The molecular weight excluding hydrogens is 342 g/mol. The molecule has 0 fully saturated rings. The zero-order valence-corrected chi connectivity index (χ0v) is 14.8. The van der Waals surface area contributed by atoms with E-state index in [1.165, 1.54) is 4.90 Å². The normalized spacial score (nSPS) is 11.1. The van der Waals surface area contributed by atoms with Crippen molar-refractivity contribution in [3.8, 4) is 5.75 Å². The predicted molar refractivity (Wildman–Crippen MR) is 93.7 cm³/mol. The number of amides is 1. The van der Waals surface area contributed by atoms with Crippen molar-refractivity contribution in [2.24, 2.45) is 0 Å². The molecule has 2 aromatic carbocycles. The van der Waals surface area contributed by atoms with Crippen molar-refractivity contribution in [1.82, 2.24) is 0 Å². The van der Waals surface area contributed by atoms with Crippen LogP contribution < -0.4 is 9.64 Å². The summed E-state index contributed by atoms with van der Waals surface area (Å²) in [6.07, 6.45) is -0.409. The van der Waals surface area contributed by atoms with Gasteiger partial charge < -0.3 is 4.74 Å². The highest BCUT2D eigenvalue weighted by molar-refractivity contribution is 9.10. The molecule has 0 unspecified atom stereocenters. The summed E-state index contributed by atoms with van der Waals surface area (Å²) >= 11 is 3.55. The van der Waals surface area contributed by atoms with E-state index < -0.39 is 6.09 Å². The van der Waals surface area contributed by atoms with Gasteiger partial charge in [-0.25, -0.2) is 4.79 Å². The van der Waals surface area contributed by atoms with Crippen LogP contribution in [0.2, 0.25) is 0 Å². The molecule has 1 amide bonds. The summed E-state index contributed by atoms with van der Waals surface area (Å²) in [5.74, 6) is 0.543. The minimum absolute atomic E-state index is 0.0351. The Kier molecular flexibility index (Phi) is 4.91. The van der Waals surface area contributed by atoms with Gasteiger partial charge in [-0.1, -0.05) is 54.9 Å². The minimum Gasteiger partial charge on any atom is -0.410 e. The smallest absolute Gasteiger partial charge is 0.410 e. The molecule has 0 radical (unpaired) electrons. The highest BCUT2D eigenvalue weighted by Crippen LogP contribution is 2.32. The van der Waals surface area contributed by atoms with Gasteiger partial charge in [0.25, 0.3) is 0 Å². The van der Waals surface area contributed by atoms with Gasteiger partial charge in [-0.05, 0) is 41.3 Å². The van der Waals surface area contributed by atoms with Crippen molar-refractivity contribution in [2.75, 3.05) is 11.9 Å². The molecule has 116 valence electrons. The van der Waals surface area contributed by atoms with Gasteiger partial charge in [-0.2, -0.15) is 0 Å². The number of halogens is 1. The number of carbonyl (C=O) groups is 1. The first-order chi connectivity index (χ1) is 10.3. The summed E-state index contributed by atoms with van der Waals surface area (Å²) in [4.78, 5) is 13.7. The second-order valence-electron chi connectivity index (χ2n) is 6.15. The van der Waals surface area contributed by atoms with Crippen LogP contribution in [0.5, 0.6) is 5.75 Å². The SMILES string of the molecule is CN(C(=O)Oc1ccc(Br)c(C(C)(C)C)c1)c1ccccc1. The third kappa shape index (κ3) is 3.89. The van der Waals surface area contributed by atoms with Crippen LogP contribution >= 0.6 is 15.9 Å². The summed E-state index contributed by atoms with van der Waals surface area (Å²) in [5.41, 5.74) is 1.85. The number of benzene rings is 2. The molecule has 0 N–H and O–H groups in total. The van der Waals surface area contributed by atoms with Crippen molar-refractivity contribution in [2.45, 2.75) is 26.2 Å². The van der Waals surface area contributed by atoms with Gasteiger partial charge in [-0.3, -0.25) is 4.90 Å². The molecule has 0 aliphatic carbocycles. The van der Waals surface area contributed by atoms with E-state index in [2.05, 4.69) is 36.7 Å². The highest BCUT2D eigenvalue weighted by Gasteiger charge is 2.19. The third-order valence-corrected chi connectivity index (χ3v) is 4.06. The van der Waals surface area contributed by atoms with Crippen LogP contribution in [0.15, 0.2) is 53.0 Å². The average molecular weight is 362 g/mol. The van der Waals surface area contributed by atoms with Gasteiger partial charge in [0.05, 0.1) is 0 Å². The second kappa shape index (κ2) is 6.53. The first-order valence-corrected chi connectivity index (χ1v) is 7.89. The van der Waals surface area contributed by atoms with E-state index in [4.69, 9.17) is 4.74 Å². The Morgan fingerprint density at radius 2 is 1.73 bits per heavy atom. The molecule has 0 spiro atoms. The molecule has 0 saturated carbocycles. The molecule has 4 heteroatoms. The number of ether oxygens (including phenoxy) is 1.